The van der Waals surface area contributed by atoms with Crippen molar-refractivity contribution in [3.8, 4) is 5.75 Å². The maximum atomic E-state index is 14.3. The minimum atomic E-state index is -3.20. The van der Waals surface area contributed by atoms with Gasteiger partial charge < -0.3 is 19.7 Å². The monoisotopic (exact) mass is 466 g/mol. The number of benzene rings is 1. The molecule has 2 N–H and O–H groups in total. The number of carbonyl (C=O) groups excluding carboxylic acids is 1. The number of ether oxygens (including phenoxy) is 2. The van der Waals surface area contributed by atoms with Gasteiger partial charge in [0.1, 0.15) is 11.4 Å². The van der Waals surface area contributed by atoms with E-state index in [0.717, 1.165) is 6.08 Å². The Hall–Kier alpha value is -2.25. The molecular weight excluding hydrogens is 430 g/mol. The van der Waals surface area contributed by atoms with Gasteiger partial charge in [-0.25, -0.2) is 0 Å². The lowest BCUT2D eigenvalue weighted by molar-refractivity contribution is -0.154. The summed E-state index contributed by atoms with van der Waals surface area (Å²) in [6.45, 7) is 4.66. The van der Waals surface area contributed by atoms with Gasteiger partial charge >= 0.3 is 5.97 Å². The Bertz CT molecular complexity index is 786. The molecule has 0 spiro atoms. The van der Waals surface area contributed by atoms with Crippen molar-refractivity contribution >= 4 is 5.97 Å². The maximum Gasteiger partial charge on any atom is 0.306 e. The van der Waals surface area contributed by atoms with Gasteiger partial charge in [0.25, 0.3) is 5.92 Å². The third-order valence-electron chi connectivity index (χ3n) is 5.40. The fourth-order valence-corrected chi connectivity index (χ4v) is 3.83. The van der Waals surface area contributed by atoms with E-state index in [1.165, 1.54) is 6.08 Å². The second-order valence-electron chi connectivity index (χ2n) is 9.52. The van der Waals surface area contributed by atoms with Gasteiger partial charge in [-0.2, -0.15) is 8.78 Å². The number of unbranched alkanes of at least 4 members (excludes halogenated alkanes) is 1. The van der Waals surface area contributed by atoms with Crippen molar-refractivity contribution in [2.75, 3.05) is 6.61 Å². The summed E-state index contributed by atoms with van der Waals surface area (Å²) in [7, 11) is 0. The van der Waals surface area contributed by atoms with Crippen molar-refractivity contribution in [3.63, 3.8) is 0 Å². The van der Waals surface area contributed by atoms with Gasteiger partial charge in [-0.3, -0.25) is 4.79 Å². The molecule has 1 fully saturated rings. The normalized spacial score (nSPS) is 24.0. The summed E-state index contributed by atoms with van der Waals surface area (Å²) >= 11 is 0. The van der Waals surface area contributed by atoms with E-state index >= 15 is 0 Å². The fourth-order valence-electron chi connectivity index (χ4n) is 3.83. The summed E-state index contributed by atoms with van der Waals surface area (Å²) in [4.78, 5) is 11.7. The first kappa shape index (κ1) is 27.0. The first-order valence-corrected chi connectivity index (χ1v) is 11.4. The average Bonchev–Trinajstić information content (AvgIpc) is 2.99. The highest BCUT2D eigenvalue weighted by atomic mass is 19.3. The van der Waals surface area contributed by atoms with E-state index in [2.05, 4.69) is 0 Å². The Labute approximate surface area is 195 Å². The molecule has 1 saturated carbocycles. The first-order chi connectivity index (χ1) is 15.5. The van der Waals surface area contributed by atoms with Gasteiger partial charge in [-0.05, 0) is 64.2 Å². The Balaban J connectivity index is 1.82. The third-order valence-corrected chi connectivity index (χ3v) is 5.40. The van der Waals surface area contributed by atoms with Crippen LogP contribution in [0.1, 0.15) is 52.9 Å². The van der Waals surface area contributed by atoms with Crippen LogP contribution in [-0.4, -0.2) is 46.5 Å². The second-order valence-corrected chi connectivity index (χ2v) is 9.52. The molecule has 2 rings (SSSR count). The van der Waals surface area contributed by atoms with E-state index in [9.17, 15) is 23.8 Å². The van der Waals surface area contributed by atoms with Crippen molar-refractivity contribution in [3.05, 3.63) is 54.6 Å². The lowest BCUT2D eigenvalue weighted by Gasteiger charge is -2.20. The highest BCUT2D eigenvalue weighted by molar-refractivity contribution is 5.69. The highest BCUT2D eigenvalue weighted by Gasteiger charge is 2.40. The number of aliphatic hydroxyl groups is 2. The number of hydrogen-bond acceptors (Lipinski definition) is 5. The molecule has 0 bridgehead atoms. The minimum Gasteiger partial charge on any atom is -0.487 e. The van der Waals surface area contributed by atoms with Crippen molar-refractivity contribution in [1.29, 1.82) is 0 Å². The Morgan fingerprint density at radius 3 is 2.48 bits per heavy atom. The average molecular weight is 467 g/mol. The molecule has 5 nitrogen and oxygen atoms in total. The molecule has 184 valence electrons. The molecule has 0 aromatic heterocycles. The van der Waals surface area contributed by atoms with Crippen LogP contribution in [0.2, 0.25) is 0 Å². The van der Waals surface area contributed by atoms with Crippen LogP contribution in [0.3, 0.4) is 0 Å². The second kappa shape index (κ2) is 12.3. The van der Waals surface area contributed by atoms with Crippen molar-refractivity contribution in [1.82, 2.24) is 0 Å². The van der Waals surface area contributed by atoms with Crippen LogP contribution in [0.5, 0.6) is 5.75 Å². The zero-order valence-electron chi connectivity index (χ0n) is 19.6. The van der Waals surface area contributed by atoms with Crippen LogP contribution in [0.4, 0.5) is 8.78 Å². The number of allylic oxidation sites excluding steroid dienone is 2. The molecule has 1 aliphatic rings. The summed E-state index contributed by atoms with van der Waals surface area (Å²) in [6, 6.07) is 8.39. The van der Waals surface area contributed by atoms with E-state index in [4.69, 9.17) is 9.47 Å². The number of esters is 1. The van der Waals surface area contributed by atoms with Crippen LogP contribution < -0.4 is 4.74 Å². The van der Waals surface area contributed by atoms with Crippen LogP contribution in [0, 0.1) is 11.8 Å². The zero-order chi connectivity index (χ0) is 24.5. The quantitative estimate of drug-likeness (QED) is 0.270. The summed E-state index contributed by atoms with van der Waals surface area (Å²) in [6.07, 6.45) is 6.42. The Morgan fingerprint density at radius 2 is 1.82 bits per heavy atom. The van der Waals surface area contributed by atoms with Gasteiger partial charge in [0.05, 0.1) is 12.2 Å². The molecule has 0 radical (unpaired) electrons. The van der Waals surface area contributed by atoms with Crippen LogP contribution in [0.25, 0.3) is 0 Å². The molecular formula is C26H36F2O5. The number of para-hydroxylation sites is 1. The highest BCUT2D eigenvalue weighted by Crippen LogP contribution is 2.37. The molecule has 1 aromatic carbocycles. The van der Waals surface area contributed by atoms with Crippen molar-refractivity contribution in [2.24, 2.45) is 11.8 Å². The van der Waals surface area contributed by atoms with Crippen LogP contribution in [0.15, 0.2) is 54.6 Å². The van der Waals surface area contributed by atoms with Crippen molar-refractivity contribution in [2.45, 2.75) is 76.6 Å². The molecule has 1 aliphatic carbocycles. The summed E-state index contributed by atoms with van der Waals surface area (Å²) in [5.74, 6) is -4.02. The van der Waals surface area contributed by atoms with Gasteiger partial charge in [-0.1, -0.05) is 36.4 Å². The number of alkyl halides is 2. The molecule has 4 atom stereocenters. The standard InChI is InChI=1S/C26H36F2O5/c1-25(2,3)33-24(31)14-10-5-4-9-13-20-21(23(30)17-22(20)29)15-16-26(27,28)18-32-19-11-7-6-8-12-19/h4,6-9,11-12,15-16,20-23,29-30H,5,10,13-14,17-18H2,1-3H3/b9-4-,16-15+/t20-,21-,22+,23-/m1/s1. The van der Waals surface area contributed by atoms with E-state index in [0.29, 0.717) is 31.4 Å². The molecule has 7 heteroatoms. The van der Waals surface area contributed by atoms with Gasteiger partial charge in [0, 0.05) is 18.8 Å². The molecule has 1 aromatic rings. The molecule has 0 heterocycles. The van der Waals surface area contributed by atoms with Gasteiger partial charge in [0.15, 0.2) is 6.61 Å². The smallest absolute Gasteiger partial charge is 0.306 e. The van der Waals surface area contributed by atoms with E-state index < -0.39 is 36.3 Å². The number of halogens is 2. The number of hydrogen-bond donors (Lipinski definition) is 2. The van der Waals surface area contributed by atoms with E-state index in [-0.39, 0.29) is 18.3 Å². The predicted molar refractivity (Wildman–Crippen MR) is 123 cm³/mol. The fraction of sp³-hybridized carbons (Fsp3) is 0.577. The van der Waals surface area contributed by atoms with E-state index in [1.54, 1.807) is 30.3 Å². The van der Waals surface area contributed by atoms with E-state index in [1.807, 2.05) is 32.9 Å². The van der Waals surface area contributed by atoms with Gasteiger partial charge in [0.2, 0.25) is 0 Å². The maximum absolute atomic E-state index is 14.3. The van der Waals surface area contributed by atoms with Crippen molar-refractivity contribution < 1.29 is 33.3 Å². The Kier molecular flexibility index (Phi) is 10.0. The minimum absolute atomic E-state index is 0.151. The molecule has 0 amide bonds. The van der Waals surface area contributed by atoms with Crippen LogP contribution >= 0.6 is 0 Å². The topological polar surface area (TPSA) is 76.0 Å². The predicted octanol–water partition coefficient (Wildman–Crippen LogP) is 5.07. The SMILES string of the molecule is CC(C)(C)OC(=O)CCC/C=C\C[C@@H]1[C@@H](/C=C/C(F)(F)COc2ccccc2)[C@H](O)C[C@@H]1O. The number of carbonyl (C=O) groups is 1. The molecule has 0 saturated heterocycles. The lowest BCUT2D eigenvalue weighted by Crippen LogP contribution is -2.25. The molecule has 33 heavy (non-hydrogen) atoms. The zero-order valence-corrected chi connectivity index (χ0v) is 19.6. The van der Waals surface area contributed by atoms with Gasteiger partial charge in [-0.15, -0.1) is 0 Å². The number of rotatable bonds is 11. The molecule has 0 unspecified atom stereocenters. The first-order valence-electron chi connectivity index (χ1n) is 11.4. The summed E-state index contributed by atoms with van der Waals surface area (Å²) in [5, 5.41) is 20.6. The Morgan fingerprint density at radius 1 is 1.12 bits per heavy atom. The third kappa shape index (κ3) is 10.0. The summed E-state index contributed by atoms with van der Waals surface area (Å²) in [5.41, 5.74) is -0.501. The van der Waals surface area contributed by atoms with Crippen LogP contribution in [-0.2, 0) is 9.53 Å². The number of aliphatic hydroxyl groups excluding tert-OH is 2. The largest absolute Gasteiger partial charge is 0.487 e. The molecule has 0 aliphatic heterocycles. The summed E-state index contributed by atoms with van der Waals surface area (Å²) < 4.78 is 38.9. The lowest BCUT2D eigenvalue weighted by atomic mass is 9.89.